The maximum atomic E-state index is 11.5. The number of phenolic OH excluding ortho intramolecular Hbond substituents is 1. The zero-order chi connectivity index (χ0) is 29.6. The number of aryl methyl sites for hydroxylation is 4. The number of rotatable bonds is 11. The van der Waals surface area contributed by atoms with Crippen LogP contribution in [0.3, 0.4) is 0 Å². The average molecular weight is 560 g/mol. The first-order chi connectivity index (χ1) is 20.4. The van der Waals surface area contributed by atoms with Crippen molar-refractivity contribution in [2.24, 2.45) is 0 Å². The first kappa shape index (κ1) is 29.2. The van der Waals surface area contributed by atoms with Gasteiger partial charge in [0.25, 0.3) is 0 Å². The molecule has 5 rings (SSSR count). The third-order valence-electron chi connectivity index (χ3n) is 7.85. The summed E-state index contributed by atoms with van der Waals surface area (Å²) >= 11 is 0. The molecule has 0 aliphatic rings. The summed E-state index contributed by atoms with van der Waals surface area (Å²) in [5.74, 6) is 2.37. The van der Waals surface area contributed by atoms with Crippen molar-refractivity contribution < 1.29 is 9.84 Å². The van der Waals surface area contributed by atoms with Crippen LogP contribution in [0.2, 0.25) is 0 Å². The number of aromatic hydroxyl groups is 1. The maximum absolute atomic E-state index is 11.5. The molecule has 0 saturated heterocycles. The number of hydrogen-bond donors (Lipinski definition) is 1. The van der Waals surface area contributed by atoms with Crippen molar-refractivity contribution in [3.8, 4) is 45.7 Å². The van der Waals surface area contributed by atoms with Crippen LogP contribution in [0.5, 0.6) is 11.5 Å². The molecule has 0 aliphatic heterocycles. The van der Waals surface area contributed by atoms with E-state index in [1.54, 1.807) is 6.07 Å². The van der Waals surface area contributed by atoms with Gasteiger partial charge in [0.05, 0.1) is 12.2 Å². The summed E-state index contributed by atoms with van der Waals surface area (Å²) in [6.07, 6.45) is 7.17. The van der Waals surface area contributed by atoms with E-state index in [4.69, 9.17) is 19.7 Å². The number of aromatic nitrogens is 3. The van der Waals surface area contributed by atoms with Crippen LogP contribution in [0.4, 0.5) is 0 Å². The topological polar surface area (TPSA) is 68.1 Å². The van der Waals surface area contributed by atoms with Gasteiger partial charge in [-0.1, -0.05) is 111 Å². The van der Waals surface area contributed by atoms with Crippen LogP contribution >= 0.6 is 0 Å². The van der Waals surface area contributed by atoms with Crippen LogP contribution < -0.4 is 4.74 Å². The lowest BCUT2D eigenvalue weighted by atomic mass is 10.0. The molecule has 0 saturated carbocycles. The van der Waals surface area contributed by atoms with Gasteiger partial charge < -0.3 is 9.84 Å². The van der Waals surface area contributed by atoms with Gasteiger partial charge in [0.15, 0.2) is 17.5 Å². The summed E-state index contributed by atoms with van der Waals surface area (Å²) < 4.78 is 6.22. The highest BCUT2D eigenvalue weighted by atomic mass is 16.5. The van der Waals surface area contributed by atoms with Crippen LogP contribution in [-0.4, -0.2) is 26.7 Å². The lowest BCUT2D eigenvalue weighted by Crippen LogP contribution is -2.03. The molecule has 0 spiro atoms. The summed E-state index contributed by atoms with van der Waals surface area (Å²) in [7, 11) is 0. The largest absolute Gasteiger partial charge is 0.507 e. The molecule has 42 heavy (non-hydrogen) atoms. The standard InChI is InChI=1S/C37H41N3O2/c1-6-7-8-9-10-13-20-42-33-23-32(41)34(31-15-12-11-14-30(31)33)37-39-35(28-18-16-24(2)21-26(28)4)38-36(40-37)29-19-17-25(3)22-27(29)5/h11-12,14-19,21-23,41H,6-10,13,20H2,1-5H3. The second-order valence-electron chi connectivity index (χ2n) is 11.4. The molecule has 1 heterocycles. The Bertz CT molecular complexity index is 1640. The lowest BCUT2D eigenvalue weighted by Gasteiger charge is -2.16. The molecule has 1 N–H and O–H groups in total. The zero-order valence-corrected chi connectivity index (χ0v) is 25.5. The first-order valence-corrected chi connectivity index (χ1v) is 15.1. The van der Waals surface area contributed by atoms with Crippen LogP contribution in [0.25, 0.3) is 44.9 Å². The molecular formula is C37H41N3O2. The van der Waals surface area contributed by atoms with E-state index in [2.05, 4.69) is 71.0 Å². The normalized spacial score (nSPS) is 11.3. The Kier molecular flexibility index (Phi) is 9.16. The zero-order valence-electron chi connectivity index (χ0n) is 25.5. The molecule has 1 aromatic heterocycles. The molecule has 0 fully saturated rings. The van der Waals surface area contributed by atoms with Gasteiger partial charge in [0, 0.05) is 28.0 Å². The van der Waals surface area contributed by atoms with Crippen molar-refractivity contribution in [1.82, 2.24) is 15.0 Å². The van der Waals surface area contributed by atoms with Gasteiger partial charge >= 0.3 is 0 Å². The third-order valence-corrected chi connectivity index (χ3v) is 7.85. The van der Waals surface area contributed by atoms with E-state index >= 15 is 0 Å². The van der Waals surface area contributed by atoms with Gasteiger partial charge in [-0.05, 0) is 45.2 Å². The molecule has 5 nitrogen and oxygen atoms in total. The van der Waals surface area contributed by atoms with Gasteiger partial charge in [-0.15, -0.1) is 0 Å². The number of hydrogen-bond acceptors (Lipinski definition) is 5. The SMILES string of the molecule is CCCCCCCCOc1cc(O)c(-c2nc(-c3ccc(C)cc3C)nc(-c3ccc(C)cc3C)n2)c2ccccc12. The minimum atomic E-state index is 0.0935. The molecule has 0 atom stereocenters. The van der Waals surface area contributed by atoms with Crippen molar-refractivity contribution in [2.45, 2.75) is 73.1 Å². The van der Waals surface area contributed by atoms with Crippen molar-refractivity contribution >= 4 is 10.8 Å². The predicted molar refractivity (Wildman–Crippen MR) is 173 cm³/mol. The Morgan fingerprint density at radius 1 is 0.619 bits per heavy atom. The van der Waals surface area contributed by atoms with Crippen LogP contribution in [0.15, 0.2) is 66.7 Å². The van der Waals surface area contributed by atoms with Crippen LogP contribution in [0.1, 0.15) is 67.7 Å². The van der Waals surface area contributed by atoms with Crippen molar-refractivity contribution in [3.63, 3.8) is 0 Å². The quantitative estimate of drug-likeness (QED) is 0.163. The fourth-order valence-corrected chi connectivity index (χ4v) is 5.60. The van der Waals surface area contributed by atoms with E-state index in [1.807, 2.05) is 24.3 Å². The number of ether oxygens (including phenoxy) is 1. The lowest BCUT2D eigenvalue weighted by molar-refractivity contribution is 0.306. The van der Waals surface area contributed by atoms with Gasteiger partial charge in [-0.25, -0.2) is 15.0 Å². The maximum Gasteiger partial charge on any atom is 0.168 e. The number of fused-ring (bicyclic) bond motifs is 1. The fraction of sp³-hybridized carbons (Fsp3) is 0.324. The average Bonchev–Trinajstić information content (AvgIpc) is 2.96. The summed E-state index contributed by atoms with van der Waals surface area (Å²) in [5, 5.41) is 13.2. The van der Waals surface area contributed by atoms with E-state index < -0.39 is 0 Å². The molecule has 0 aliphatic carbocycles. The Hall–Kier alpha value is -4.25. The highest BCUT2D eigenvalue weighted by Gasteiger charge is 2.20. The molecular weight excluding hydrogens is 518 g/mol. The molecule has 0 amide bonds. The van der Waals surface area contributed by atoms with E-state index in [0.29, 0.717) is 35.4 Å². The van der Waals surface area contributed by atoms with Crippen LogP contribution in [0, 0.1) is 27.7 Å². The molecule has 0 unspecified atom stereocenters. The van der Waals surface area contributed by atoms with Crippen molar-refractivity contribution in [1.29, 1.82) is 0 Å². The minimum Gasteiger partial charge on any atom is -0.507 e. The Morgan fingerprint density at radius 2 is 1.17 bits per heavy atom. The summed E-state index contributed by atoms with van der Waals surface area (Å²) in [6.45, 7) is 11.2. The number of unbranched alkanes of at least 4 members (excludes halogenated alkanes) is 5. The molecule has 5 aromatic rings. The third kappa shape index (κ3) is 6.46. The van der Waals surface area contributed by atoms with Gasteiger partial charge in [-0.3, -0.25) is 0 Å². The second kappa shape index (κ2) is 13.2. The summed E-state index contributed by atoms with van der Waals surface area (Å²) in [6, 6.07) is 22.3. The van der Waals surface area contributed by atoms with Gasteiger partial charge in [0.2, 0.25) is 0 Å². The summed E-state index contributed by atoms with van der Waals surface area (Å²) in [5.41, 5.74) is 7.01. The first-order valence-electron chi connectivity index (χ1n) is 15.1. The Balaban J connectivity index is 1.60. The van der Waals surface area contributed by atoms with E-state index in [0.717, 1.165) is 45.9 Å². The van der Waals surface area contributed by atoms with Gasteiger partial charge in [-0.2, -0.15) is 0 Å². The smallest absolute Gasteiger partial charge is 0.168 e. The van der Waals surface area contributed by atoms with Crippen molar-refractivity contribution in [2.75, 3.05) is 6.61 Å². The highest BCUT2D eigenvalue weighted by molar-refractivity contribution is 6.02. The monoisotopic (exact) mass is 559 g/mol. The highest BCUT2D eigenvalue weighted by Crippen LogP contribution is 2.41. The Labute approximate surface area is 249 Å². The molecule has 5 heteroatoms. The summed E-state index contributed by atoms with van der Waals surface area (Å²) in [4.78, 5) is 14.9. The van der Waals surface area contributed by atoms with Crippen molar-refractivity contribution in [3.05, 3.63) is 89.0 Å². The van der Waals surface area contributed by atoms with E-state index in [-0.39, 0.29) is 5.75 Å². The molecule has 216 valence electrons. The molecule has 4 aromatic carbocycles. The van der Waals surface area contributed by atoms with Crippen LogP contribution in [-0.2, 0) is 0 Å². The molecule has 0 radical (unpaired) electrons. The number of benzene rings is 4. The fourth-order valence-electron chi connectivity index (χ4n) is 5.60. The number of nitrogens with zero attached hydrogens (tertiary/aromatic N) is 3. The minimum absolute atomic E-state index is 0.0935. The predicted octanol–water partition coefficient (Wildman–Crippen LogP) is 9.70. The Morgan fingerprint density at radius 3 is 1.76 bits per heavy atom. The van der Waals surface area contributed by atoms with Gasteiger partial charge in [0.1, 0.15) is 11.5 Å². The second-order valence-corrected chi connectivity index (χ2v) is 11.4. The van der Waals surface area contributed by atoms with E-state index in [9.17, 15) is 5.11 Å². The molecule has 0 bridgehead atoms. The number of phenols is 1. The van der Waals surface area contributed by atoms with E-state index in [1.165, 1.54) is 36.8 Å².